The first kappa shape index (κ1) is 30.4. The van der Waals surface area contributed by atoms with Crippen molar-refractivity contribution in [3.05, 3.63) is 36.5 Å². The topological polar surface area (TPSA) is 149 Å². The number of carbonyl (C=O) groups excluding carboxylic acids is 3. The van der Waals surface area contributed by atoms with E-state index in [-0.39, 0.29) is 36.0 Å². The Bertz CT molecular complexity index is 1310. The van der Waals surface area contributed by atoms with Gasteiger partial charge in [-0.05, 0) is 77.1 Å². The number of benzene rings is 1. The van der Waals surface area contributed by atoms with Gasteiger partial charge in [-0.25, -0.2) is 9.59 Å². The van der Waals surface area contributed by atoms with Crippen molar-refractivity contribution >= 4 is 23.7 Å². The summed E-state index contributed by atoms with van der Waals surface area (Å²) in [6.45, 7) is 7.32. The molecular formula is C31H41N5O7. The zero-order valence-corrected chi connectivity index (χ0v) is 24.9. The van der Waals surface area contributed by atoms with E-state index in [0.717, 1.165) is 25.7 Å². The highest BCUT2D eigenvalue weighted by Gasteiger charge is 2.30. The highest BCUT2D eigenvalue weighted by molar-refractivity contribution is 5.90. The SMILES string of the molecule is CC(C)(C)OC(=O)N[C@H]1CCC(NC(=O)Nc2ccnc(-c3cccc4c3OC(CNC(=O)C3CCOCC3)CO4)c2)C1. The zero-order valence-electron chi connectivity index (χ0n) is 24.9. The van der Waals surface area contributed by atoms with Gasteiger partial charge in [0.15, 0.2) is 11.5 Å². The van der Waals surface area contributed by atoms with Crippen LogP contribution in [0.3, 0.4) is 0 Å². The third-order valence-corrected chi connectivity index (χ3v) is 7.57. The molecule has 2 fully saturated rings. The number of nitrogens with one attached hydrogen (secondary N) is 4. The summed E-state index contributed by atoms with van der Waals surface area (Å²) < 4.78 is 22.9. The molecule has 3 atom stereocenters. The molecule has 3 heterocycles. The van der Waals surface area contributed by atoms with E-state index in [1.54, 1.807) is 18.3 Å². The van der Waals surface area contributed by atoms with Crippen LogP contribution in [0.4, 0.5) is 15.3 Å². The van der Waals surface area contributed by atoms with Crippen molar-refractivity contribution < 1.29 is 33.3 Å². The van der Waals surface area contributed by atoms with Gasteiger partial charge in [0.2, 0.25) is 5.91 Å². The van der Waals surface area contributed by atoms with E-state index in [1.807, 2.05) is 39.0 Å². The first-order valence-electron chi connectivity index (χ1n) is 14.9. The summed E-state index contributed by atoms with van der Waals surface area (Å²) in [7, 11) is 0. The second-order valence-electron chi connectivity index (χ2n) is 12.2. The van der Waals surface area contributed by atoms with Crippen molar-refractivity contribution in [1.82, 2.24) is 20.9 Å². The van der Waals surface area contributed by atoms with E-state index in [4.69, 9.17) is 18.9 Å². The number of aromatic nitrogens is 1. The Morgan fingerprint density at radius 1 is 1.02 bits per heavy atom. The molecule has 1 aromatic heterocycles. The van der Waals surface area contributed by atoms with Gasteiger partial charge >= 0.3 is 12.1 Å². The average Bonchev–Trinajstić information content (AvgIpc) is 3.41. The van der Waals surface area contributed by atoms with Crippen LogP contribution < -0.4 is 30.7 Å². The number of hydrogen-bond donors (Lipinski definition) is 4. The number of amides is 4. The number of para-hydroxylation sites is 1. The third-order valence-electron chi connectivity index (χ3n) is 7.57. The molecule has 0 radical (unpaired) electrons. The van der Waals surface area contributed by atoms with Gasteiger partial charge in [-0.1, -0.05) is 6.07 Å². The molecule has 1 saturated heterocycles. The molecule has 43 heavy (non-hydrogen) atoms. The van der Waals surface area contributed by atoms with Crippen LogP contribution in [0.25, 0.3) is 11.3 Å². The second kappa shape index (κ2) is 13.5. The van der Waals surface area contributed by atoms with Gasteiger partial charge < -0.3 is 40.2 Å². The van der Waals surface area contributed by atoms with E-state index in [2.05, 4.69) is 26.3 Å². The lowest BCUT2D eigenvalue weighted by Crippen LogP contribution is -2.43. The fourth-order valence-electron chi connectivity index (χ4n) is 5.48. The lowest BCUT2D eigenvalue weighted by molar-refractivity contribution is -0.128. The summed E-state index contributed by atoms with van der Waals surface area (Å²) in [5, 5.41) is 11.8. The van der Waals surface area contributed by atoms with Crippen LogP contribution in [0.1, 0.15) is 52.9 Å². The Hall–Kier alpha value is -4.06. The zero-order chi connectivity index (χ0) is 30.4. The summed E-state index contributed by atoms with van der Waals surface area (Å²) in [5.74, 6) is 1.11. The molecular weight excluding hydrogens is 554 g/mol. The molecule has 2 aliphatic heterocycles. The molecule has 1 saturated carbocycles. The number of anilines is 1. The summed E-state index contributed by atoms with van der Waals surface area (Å²) in [6, 6.07) is 8.60. The quantitative estimate of drug-likeness (QED) is 0.375. The Morgan fingerprint density at radius 2 is 1.79 bits per heavy atom. The third kappa shape index (κ3) is 8.50. The molecule has 0 spiro atoms. The highest BCUT2D eigenvalue weighted by atomic mass is 16.6. The summed E-state index contributed by atoms with van der Waals surface area (Å²) in [5.41, 5.74) is 1.33. The fraction of sp³-hybridized carbons (Fsp3) is 0.548. The minimum absolute atomic E-state index is 0.0112. The van der Waals surface area contributed by atoms with Crippen molar-refractivity contribution in [1.29, 1.82) is 0 Å². The van der Waals surface area contributed by atoms with E-state index < -0.39 is 11.7 Å². The molecule has 4 amide bonds. The summed E-state index contributed by atoms with van der Waals surface area (Å²) in [6.07, 6.45) is 4.39. The van der Waals surface area contributed by atoms with E-state index >= 15 is 0 Å². The normalized spacial score (nSPS) is 21.9. The minimum Gasteiger partial charge on any atom is -0.486 e. The maximum Gasteiger partial charge on any atom is 0.407 e. The van der Waals surface area contributed by atoms with Gasteiger partial charge in [-0.15, -0.1) is 0 Å². The van der Waals surface area contributed by atoms with E-state index in [9.17, 15) is 14.4 Å². The van der Waals surface area contributed by atoms with Gasteiger partial charge in [0.25, 0.3) is 0 Å². The lowest BCUT2D eigenvalue weighted by Gasteiger charge is -2.29. The first-order valence-corrected chi connectivity index (χ1v) is 14.9. The Morgan fingerprint density at radius 3 is 2.56 bits per heavy atom. The van der Waals surface area contributed by atoms with Gasteiger partial charge in [0.1, 0.15) is 18.3 Å². The average molecular weight is 596 g/mol. The number of pyridine rings is 1. The summed E-state index contributed by atoms with van der Waals surface area (Å²) in [4.78, 5) is 42.0. The van der Waals surface area contributed by atoms with Crippen molar-refractivity contribution in [3.8, 4) is 22.8 Å². The van der Waals surface area contributed by atoms with Gasteiger partial charge in [0, 0.05) is 48.7 Å². The highest BCUT2D eigenvalue weighted by Crippen LogP contribution is 2.40. The number of ether oxygens (including phenoxy) is 4. The predicted molar refractivity (Wildman–Crippen MR) is 159 cm³/mol. The smallest absolute Gasteiger partial charge is 0.407 e. The Balaban J connectivity index is 1.15. The minimum atomic E-state index is -0.564. The van der Waals surface area contributed by atoms with E-state index in [0.29, 0.717) is 61.2 Å². The molecule has 12 nitrogen and oxygen atoms in total. The molecule has 4 N–H and O–H groups in total. The maximum absolute atomic E-state index is 12.8. The van der Waals surface area contributed by atoms with Crippen LogP contribution in [-0.2, 0) is 14.3 Å². The van der Waals surface area contributed by atoms with Gasteiger partial charge in [-0.2, -0.15) is 0 Å². The number of alkyl carbamates (subject to hydrolysis) is 1. The Labute approximate surface area is 251 Å². The van der Waals surface area contributed by atoms with Crippen LogP contribution in [0.15, 0.2) is 36.5 Å². The summed E-state index contributed by atoms with van der Waals surface area (Å²) >= 11 is 0. The maximum atomic E-state index is 12.8. The number of nitrogens with zero attached hydrogens (tertiary/aromatic N) is 1. The predicted octanol–water partition coefficient (Wildman–Crippen LogP) is 4.00. The molecule has 1 aromatic carbocycles. The van der Waals surface area contributed by atoms with Crippen LogP contribution in [0, 0.1) is 5.92 Å². The Kier molecular flexibility index (Phi) is 9.54. The van der Waals surface area contributed by atoms with Crippen LogP contribution >= 0.6 is 0 Å². The number of hydrogen-bond acceptors (Lipinski definition) is 8. The molecule has 1 aliphatic carbocycles. The van der Waals surface area contributed by atoms with Crippen LogP contribution in [0.2, 0.25) is 0 Å². The van der Waals surface area contributed by atoms with Gasteiger partial charge in [-0.3, -0.25) is 9.78 Å². The fourth-order valence-corrected chi connectivity index (χ4v) is 5.48. The number of rotatable bonds is 7. The number of carbonyl (C=O) groups is 3. The number of urea groups is 1. The molecule has 3 aliphatic rings. The second-order valence-corrected chi connectivity index (χ2v) is 12.2. The first-order chi connectivity index (χ1) is 20.6. The van der Waals surface area contributed by atoms with Crippen molar-refractivity contribution in [2.75, 3.05) is 31.7 Å². The number of fused-ring (bicyclic) bond motifs is 1. The molecule has 232 valence electrons. The molecule has 2 aromatic rings. The largest absolute Gasteiger partial charge is 0.486 e. The molecule has 0 bridgehead atoms. The van der Waals surface area contributed by atoms with Gasteiger partial charge in [0.05, 0.1) is 12.2 Å². The van der Waals surface area contributed by atoms with Crippen LogP contribution in [-0.4, -0.2) is 73.2 Å². The molecule has 5 rings (SSSR count). The molecule has 12 heteroatoms. The van der Waals surface area contributed by atoms with Crippen molar-refractivity contribution in [2.45, 2.75) is 76.7 Å². The standard InChI is InChI=1S/C31H41N5O7/c1-31(2,3)43-30(39)36-21-8-7-20(15-21)34-29(38)35-22-9-12-32-25(16-22)24-5-4-6-26-27(24)42-23(18-41-26)17-33-28(37)19-10-13-40-14-11-19/h4-6,9,12,16,19-21,23H,7-8,10-11,13-15,17-18H2,1-3H3,(H,33,37)(H,36,39)(H2,32,34,35,38)/t20?,21-,23?/m0/s1. The van der Waals surface area contributed by atoms with Crippen molar-refractivity contribution in [2.24, 2.45) is 5.92 Å². The van der Waals surface area contributed by atoms with Crippen LogP contribution in [0.5, 0.6) is 11.5 Å². The molecule has 2 unspecified atom stereocenters. The van der Waals surface area contributed by atoms with Crippen molar-refractivity contribution in [3.63, 3.8) is 0 Å². The monoisotopic (exact) mass is 595 g/mol. The van der Waals surface area contributed by atoms with E-state index in [1.165, 1.54) is 0 Å². The lowest BCUT2D eigenvalue weighted by atomic mass is 9.99.